The molecule has 0 radical (unpaired) electrons. The van der Waals surface area contributed by atoms with Crippen molar-refractivity contribution in [2.24, 2.45) is 0 Å². The van der Waals surface area contributed by atoms with Gasteiger partial charge in [0.1, 0.15) is 0 Å². The lowest BCUT2D eigenvalue weighted by Crippen LogP contribution is -2.36. The first-order valence-electron chi connectivity index (χ1n) is 7.06. The first-order chi connectivity index (χ1) is 9.68. The number of carbonyl (C=O) groups is 2. The molecule has 6 nitrogen and oxygen atoms in total. The normalized spacial score (nSPS) is 16.4. The lowest BCUT2D eigenvalue weighted by Gasteiger charge is -2.26. The molecule has 0 saturated carbocycles. The zero-order valence-corrected chi connectivity index (χ0v) is 11.8. The first-order valence-corrected chi connectivity index (χ1v) is 7.06. The predicted octanol–water partition coefficient (Wildman–Crippen LogP) is 1.06. The Balaban J connectivity index is 1.89. The number of aliphatic carboxylic acids is 1. The van der Waals surface area contributed by atoms with Crippen molar-refractivity contribution in [1.29, 1.82) is 0 Å². The van der Waals surface area contributed by atoms with Gasteiger partial charge in [-0.15, -0.1) is 0 Å². The maximum absolute atomic E-state index is 11.1. The molecule has 1 fully saturated rings. The number of ether oxygens (including phenoxy) is 2. The zero-order chi connectivity index (χ0) is 14.6. The van der Waals surface area contributed by atoms with Gasteiger partial charge in [0.25, 0.3) is 0 Å². The highest BCUT2D eigenvalue weighted by Gasteiger charge is 2.08. The second-order valence-electron chi connectivity index (χ2n) is 4.71. The number of hydrogen-bond acceptors (Lipinski definition) is 5. The van der Waals surface area contributed by atoms with E-state index in [0.29, 0.717) is 6.61 Å². The summed E-state index contributed by atoms with van der Waals surface area (Å²) in [7, 11) is 0. The Labute approximate surface area is 119 Å². The summed E-state index contributed by atoms with van der Waals surface area (Å²) in [6, 6.07) is 0. The van der Waals surface area contributed by atoms with Gasteiger partial charge < -0.3 is 14.6 Å². The molecule has 114 valence electrons. The summed E-state index contributed by atoms with van der Waals surface area (Å²) in [5, 5.41) is 8.33. The molecule has 0 aliphatic carbocycles. The highest BCUT2D eigenvalue weighted by molar-refractivity contribution is 5.90. The molecule has 1 saturated heterocycles. The average Bonchev–Trinajstić information content (AvgIpc) is 2.45. The molecule has 0 aromatic rings. The Morgan fingerprint density at radius 2 is 1.80 bits per heavy atom. The molecule has 1 heterocycles. The van der Waals surface area contributed by atoms with Crippen LogP contribution in [0.2, 0.25) is 0 Å². The van der Waals surface area contributed by atoms with Gasteiger partial charge in [0.2, 0.25) is 0 Å². The lowest BCUT2D eigenvalue weighted by atomic mass is 10.2. The fourth-order valence-electron chi connectivity index (χ4n) is 1.98. The maximum Gasteiger partial charge on any atom is 0.331 e. The van der Waals surface area contributed by atoms with Crippen LogP contribution in [0.3, 0.4) is 0 Å². The third kappa shape index (κ3) is 8.66. The van der Waals surface area contributed by atoms with E-state index in [9.17, 15) is 9.59 Å². The molecule has 0 atom stereocenters. The Kier molecular flexibility index (Phi) is 8.66. The van der Waals surface area contributed by atoms with Crippen LogP contribution in [0.25, 0.3) is 0 Å². The number of carboxylic acids is 1. The van der Waals surface area contributed by atoms with Crippen molar-refractivity contribution in [1.82, 2.24) is 4.90 Å². The van der Waals surface area contributed by atoms with Crippen LogP contribution in [-0.2, 0) is 19.1 Å². The van der Waals surface area contributed by atoms with E-state index in [1.807, 2.05) is 0 Å². The molecular formula is C14H23NO5. The summed E-state index contributed by atoms with van der Waals surface area (Å²) < 4.78 is 10.2. The van der Waals surface area contributed by atoms with Gasteiger partial charge in [-0.25, -0.2) is 9.59 Å². The summed E-state index contributed by atoms with van der Waals surface area (Å²) in [5.74, 6) is -1.74. The molecule has 0 amide bonds. The monoisotopic (exact) mass is 285 g/mol. The van der Waals surface area contributed by atoms with Crippen LogP contribution in [0.4, 0.5) is 0 Å². The van der Waals surface area contributed by atoms with Crippen LogP contribution >= 0.6 is 0 Å². The average molecular weight is 285 g/mol. The van der Waals surface area contributed by atoms with Crippen molar-refractivity contribution in [3.05, 3.63) is 12.2 Å². The highest BCUT2D eigenvalue weighted by Crippen LogP contribution is 2.04. The molecule has 0 unspecified atom stereocenters. The van der Waals surface area contributed by atoms with Crippen molar-refractivity contribution >= 4 is 11.9 Å². The van der Waals surface area contributed by atoms with Gasteiger partial charge in [-0.1, -0.05) is 12.8 Å². The third-order valence-corrected chi connectivity index (χ3v) is 3.08. The van der Waals surface area contributed by atoms with Gasteiger partial charge in [-0.2, -0.15) is 0 Å². The Hall–Kier alpha value is -1.40. The van der Waals surface area contributed by atoms with E-state index in [0.717, 1.165) is 70.7 Å². The van der Waals surface area contributed by atoms with Gasteiger partial charge in [-0.3, -0.25) is 4.90 Å². The number of unbranched alkanes of at least 4 members (excludes halogenated alkanes) is 3. The van der Waals surface area contributed by atoms with Gasteiger partial charge in [0.05, 0.1) is 19.8 Å². The fourth-order valence-corrected chi connectivity index (χ4v) is 1.98. The number of esters is 1. The van der Waals surface area contributed by atoms with Crippen LogP contribution in [0.1, 0.15) is 25.7 Å². The van der Waals surface area contributed by atoms with E-state index < -0.39 is 11.9 Å². The van der Waals surface area contributed by atoms with Crippen LogP contribution < -0.4 is 0 Å². The molecule has 20 heavy (non-hydrogen) atoms. The van der Waals surface area contributed by atoms with E-state index in [2.05, 4.69) is 4.90 Å². The largest absolute Gasteiger partial charge is 0.478 e. The molecule has 1 aliphatic heterocycles. The predicted molar refractivity (Wildman–Crippen MR) is 73.5 cm³/mol. The Morgan fingerprint density at radius 3 is 2.50 bits per heavy atom. The van der Waals surface area contributed by atoms with E-state index in [-0.39, 0.29) is 0 Å². The van der Waals surface area contributed by atoms with Gasteiger partial charge in [-0.05, 0) is 19.4 Å². The van der Waals surface area contributed by atoms with Gasteiger partial charge in [0, 0.05) is 25.2 Å². The molecule has 6 heteroatoms. The van der Waals surface area contributed by atoms with Crippen LogP contribution in [0, 0.1) is 0 Å². The minimum atomic E-state index is -1.15. The summed E-state index contributed by atoms with van der Waals surface area (Å²) in [6.45, 7) is 5.16. The number of hydrogen-bond donors (Lipinski definition) is 1. The van der Waals surface area contributed by atoms with Crippen LogP contribution in [-0.4, -0.2) is 61.4 Å². The molecule has 0 aromatic heterocycles. The first kappa shape index (κ1) is 16.7. The van der Waals surface area contributed by atoms with Gasteiger partial charge >= 0.3 is 11.9 Å². The molecule has 0 bridgehead atoms. The van der Waals surface area contributed by atoms with Gasteiger partial charge in [0.15, 0.2) is 0 Å². The quantitative estimate of drug-likeness (QED) is 0.388. The second kappa shape index (κ2) is 10.4. The molecule has 0 spiro atoms. The molecule has 1 N–H and O–H groups in total. The summed E-state index contributed by atoms with van der Waals surface area (Å²) in [4.78, 5) is 23.6. The van der Waals surface area contributed by atoms with Crippen molar-refractivity contribution in [3.63, 3.8) is 0 Å². The Bertz CT molecular complexity index is 324. The van der Waals surface area contributed by atoms with E-state index in [1.54, 1.807) is 0 Å². The topological polar surface area (TPSA) is 76.1 Å². The molecule has 1 rings (SSSR count). The fraction of sp³-hybridized carbons (Fsp3) is 0.714. The van der Waals surface area contributed by atoms with E-state index in [4.69, 9.17) is 14.6 Å². The highest BCUT2D eigenvalue weighted by atomic mass is 16.5. The maximum atomic E-state index is 11.1. The zero-order valence-electron chi connectivity index (χ0n) is 11.8. The smallest absolute Gasteiger partial charge is 0.331 e. The van der Waals surface area contributed by atoms with Crippen LogP contribution in [0.15, 0.2) is 12.2 Å². The standard InChI is InChI=1S/C14H23NO5/c16-13(17)5-6-14(18)20-10-4-2-1-3-7-15-8-11-19-12-9-15/h5-6H,1-4,7-12H2,(H,16,17)/b6-5+. The number of nitrogens with zero attached hydrogens (tertiary/aromatic N) is 1. The summed E-state index contributed by atoms with van der Waals surface area (Å²) >= 11 is 0. The van der Waals surface area contributed by atoms with E-state index in [1.165, 1.54) is 0 Å². The number of morpholine rings is 1. The SMILES string of the molecule is O=C(O)/C=C/C(=O)OCCCCCCN1CCOCC1. The summed E-state index contributed by atoms with van der Waals surface area (Å²) in [5.41, 5.74) is 0. The van der Waals surface area contributed by atoms with Crippen LogP contribution in [0.5, 0.6) is 0 Å². The second-order valence-corrected chi connectivity index (χ2v) is 4.71. The Morgan fingerprint density at radius 1 is 1.10 bits per heavy atom. The number of rotatable bonds is 9. The minimum absolute atomic E-state index is 0.348. The van der Waals surface area contributed by atoms with Crippen molar-refractivity contribution in [2.75, 3.05) is 39.5 Å². The molecule has 0 aromatic carbocycles. The number of carboxylic acid groups (broad SMARTS) is 1. The number of carbonyl (C=O) groups excluding carboxylic acids is 1. The van der Waals surface area contributed by atoms with Crippen molar-refractivity contribution in [3.8, 4) is 0 Å². The van der Waals surface area contributed by atoms with E-state index >= 15 is 0 Å². The lowest BCUT2D eigenvalue weighted by molar-refractivity contribution is -0.138. The molecular weight excluding hydrogens is 262 g/mol. The van der Waals surface area contributed by atoms with Crippen molar-refractivity contribution in [2.45, 2.75) is 25.7 Å². The van der Waals surface area contributed by atoms with Crippen molar-refractivity contribution < 1.29 is 24.2 Å². The third-order valence-electron chi connectivity index (χ3n) is 3.08. The summed E-state index contributed by atoms with van der Waals surface area (Å²) in [6.07, 6.45) is 5.80. The molecule has 1 aliphatic rings. The minimum Gasteiger partial charge on any atom is -0.478 e.